The number of benzene rings is 3. The Kier molecular flexibility index (Phi) is 6.64. The van der Waals surface area contributed by atoms with E-state index < -0.39 is 15.9 Å². The Morgan fingerprint density at radius 2 is 1.70 bits per heavy atom. The van der Waals surface area contributed by atoms with E-state index in [0.29, 0.717) is 23.7 Å². The lowest BCUT2D eigenvalue weighted by Crippen LogP contribution is -2.25. The van der Waals surface area contributed by atoms with Gasteiger partial charge in [-0.1, -0.05) is 41.9 Å². The average molecular weight is 445 g/mol. The molecular weight excluding hydrogens is 424 g/mol. The zero-order valence-corrected chi connectivity index (χ0v) is 18.1. The van der Waals surface area contributed by atoms with Crippen molar-refractivity contribution in [2.24, 2.45) is 0 Å². The van der Waals surface area contributed by atoms with E-state index in [-0.39, 0.29) is 10.6 Å². The lowest BCUT2D eigenvalue weighted by Gasteiger charge is -2.18. The van der Waals surface area contributed by atoms with Crippen LogP contribution in [0.3, 0.4) is 0 Å². The second-order valence-corrected chi connectivity index (χ2v) is 9.07. The number of carbonyl (C=O) groups excluding carboxylic acids is 1. The van der Waals surface area contributed by atoms with Gasteiger partial charge >= 0.3 is 0 Å². The number of halogens is 1. The highest BCUT2D eigenvalue weighted by Gasteiger charge is 2.17. The summed E-state index contributed by atoms with van der Waals surface area (Å²) in [6, 6.07) is 21.2. The fourth-order valence-electron chi connectivity index (χ4n) is 2.65. The van der Waals surface area contributed by atoms with Gasteiger partial charge in [-0.3, -0.25) is 9.10 Å². The van der Waals surface area contributed by atoms with Crippen LogP contribution in [-0.2, 0) is 16.6 Å². The molecule has 1 amide bonds. The van der Waals surface area contributed by atoms with Crippen LogP contribution in [0.2, 0.25) is 5.02 Å². The maximum absolute atomic E-state index is 12.7. The highest BCUT2D eigenvalue weighted by molar-refractivity contribution is 7.92. The van der Waals surface area contributed by atoms with Gasteiger partial charge < -0.3 is 10.1 Å². The van der Waals surface area contributed by atoms with Crippen LogP contribution in [0.4, 0.5) is 11.4 Å². The van der Waals surface area contributed by atoms with Gasteiger partial charge in [-0.25, -0.2) is 8.42 Å². The first kappa shape index (κ1) is 21.7. The lowest BCUT2D eigenvalue weighted by molar-refractivity contribution is 0.102. The Hall–Kier alpha value is -3.03. The third kappa shape index (κ3) is 5.52. The number of anilines is 2. The molecule has 0 saturated heterocycles. The first-order valence-electron chi connectivity index (χ1n) is 9.05. The van der Waals surface area contributed by atoms with E-state index >= 15 is 0 Å². The summed E-state index contributed by atoms with van der Waals surface area (Å²) in [5.74, 6) is 0.230. The summed E-state index contributed by atoms with van der Waals surface area (Å²) in [5.41, 5.74) is 2.14. The maximum atomic E-state index is 12.7. The molecule has 3 rings (SSSR count). The number of rotatable bonds is 7. The molecular formula is C22H21ClN2O4S. The molecule has 6 nitrogen and oxygen atoms in total. The molecule has 0 fully saturated rings. The average Bonchev–Trinajstić information content (AvgIpc) is 2.73. The minimum atomic E-state index is -3.46. The van der Waals surface area contributed by atoms with Crippen LogP contribution in [-0.4, -0.2) is 27.6 Å². The van der Waals surface area contributed by atoms with Crippen molar-refractivity contribution in [1.29, 1.82) is 0 Å². The molecule has 0 saturated carbocycles. The molecule has 1 N–H and O–H groups in total. The molecule has 156 valence electrons. The molecule has 0 aliphatic carbocycles. The summed E-state index contributed by atoms with van der Waals surface area (Å²) in [6.07, 6.45) is 1.09. The molecule has 8 heteroatoms. The van der Waals surface area contributed by atoms with Gasteiger partial charge in [-0.05, 0) is 48.0 Å². The monoisotopic (exact) mass is 444 g/mol. The summed E-state index contributed by atoms with van der Waals surface area (Å²) < 4.78 is 30.3. The van der Waals surface area contributed by atoms with Gasteiger partial charge in [0.05, 0.1) is 22.5 Å². The van der Waals surface area contributed by atoms with Gasteiger partial charge in [-0.15, -0.1) is 0 Å². The first-order valence-corrected chi connectivity index (χ1v) is 11.3. The first-order chi connectivity index (χ1) is 14.2. The number of sulfonamides is 1. The number of amides is 1. The molecule has 30 heavy (non-hydrogen) atoms. The van der Waals surface area contributed by atoms with E-state index in [1.807, 2.05) is 30.3 Å². The minimum Gasteiger partial charge on any atom is -0.489 e. The third-order valence-electron chi connectivity index (χ3n) is 4.42. The van der Waals surface area contributed by atoms with Crippen LogP contribution < -0.4 is 14.4 Å². The zero-order valence-electron chi connectivity index (χ0n) is 16.5. The topological polar surface area (TPSA) is 75.7 Å². The van der Waals surface area contributed by atoms with E-state index in [0.717, 1.165) is 16.1 Å². The summed E-state index contributed by atoms with van der Waals surface area (Å²) in [5, 5.41) is 2.98. The predicted molar refractivity (Wildman–Crippen MR) is 120 cm³/mol. The van der Waals surface area contributed by atoms with E-state index in [1.165, 1.54) is 19.2 Å². The fraction of sp³-hybridized carbons (Fsp3) is 0.136. The SMILES string of the molecule is CN(c1ccc(Cl)c(C(=O)Nc2ccc(OCc3ccccc3)cc2)c1)S(C)(=O)=O. The van der Waals surface area contributed by atoms with Crippen LogP contribution in [0, 0.1) is 0 Å². The number of nitrogens with one attached hydrogen (secondary N) is 1. The van der Waals surface area contributed by atoms with E-state index in [4.69, 9.17) is 16.3 Å². The van der Waals surface area contributed by atoms with E-state index in [1.54, 1.807) is 30.3 Å². The van der Waals surface area contributed by atoms with Gasteiger partial charge in [0.25, 0.3) is 5.91 Å². The molecule has 0 bridgehead atoms. The zero-order chi connectivity index (χ0) is 21.7. The highest BCUT2D eigenvalue weighted by atomic mass is 35.5. The molecule has 0 spiro atoms. The van der Waals surface area contributed by atoms with Gasteiger partial charge in [0.15, 0.2) is 0 Å². The maximum Gasteiger partial charge on any atom is 0.257 e. The lowest BCUT2D eigenvalue weighted by atomic mass is 10.1. The van der Waals surface area contributed by atoms with Crippen molar-refractivity contribution in [3.8, 4) is 5.75 Å². The van der Waals surface area contributed by atoms with Crippen molar-refractivity contribution in [2.45, 2.75) is 6.61 Å². The number of ether oxygens (including phenoxy) is 1. The quantitative estimate of drug-likeness (QED) is 0.579. The van der Waals surface area contributed by atoms with Crippen molar-refractivity contribution >= 4 is 38.9 Å². The Morgan fingerprint density at radius 1 is 1.03 bits per heavy atom. The highest BCUT2D eigenvalue weighted by Crippen LogP contribution is 2.25. The minimum absolute atomic E-state index is 0.175. The Morgan fingerprint density at radius 3 is 2.33 bits per heavy atom. The van der Waals surface area contributed by atoms with Crippen molar-refractivity contribution in [1.82, 2.24) is 0 Å². The molecule has 0 radical (unpaired) electrons. The molecule has 0 aliphatic heterocycles. The molecule has 3 aromatic rings. The Balaban J connectivity index is 1.68. The second kappa shape index (κ2) is 9.19. The largest absolute Gasteiger partial charge is 0.489 e. The van der Waals surface area contributed by atoms with Crippen molar-refractivity contribution in [3.63, 3.8) is 0 Å². The third-order valence-corrected chi connectivity index (χ3v) is 5.95. The summed E-state index contributed by atoms with van der Waals surface area (Å²) >= 11 is 6.15. The van der Waals surface area contributed by atoms with Gasteiger partial charge in [0.2, 0.25) is 10.0 Å². The fourth-order valence-corrected chi connectivity index (χ4v) is 3.35. The second-order valence-electron chi connectivity index (χ2n) is 6.65. The predicted octanol–water partition coefficient (Wildman–Crippen LogP) is 4.57. The molecule has 3 aromatic carbocycles. The van der Waals surface area contributed by atoms with Crippen LogP contribution in [0.15, 0.2) is 72.8 Å². The summed E-state index contributed by atoms with van der Waals surface area (Å²) in [6.45, 7) is 0.447. The van der Waals surface area contributed by atoms with Crippen molar-refractivity contribution in [3.05, 3.63) is 88.9 Å². The molecule has 0 aliphatic rings. The van der Waals surface area contributed by atoms with Crippen LogP contribution >= 0.6 is 11.6 Å². The smallest absolute Gasteiger partial charge is 0.257 e. The number of carbonyl (C=O) groups is 1. The van der Waals surface area contributed by atoms with Gasteiger partial charge in [0.1, 0.15) is 12.4 Å². The van der Waals surface area contributed by atoms with Crippen LogP contribution in [0.1, 0.15) is 15.9 Å². The van der Waals surface area contributed by atoms with Crippen LogP contribution in [0.25, 0.3) is 0 Å². The number of hydrogen-bond donors (Lipinski definition) is 1. The van der Waals surface area contributed by atoms with E-state index in [9.17, 15) is 13.2 Å². The van der Waals surface area contributed by atoms with Gasteiger partial charge in [0, 0.05) is 12.7 Å². The molecule has 0 aromatic heterocycles. The summed E-state index contributed by atoms with van der Waals surface area (Å²) in [7, 11) is -2.04. The van der Waals surface area contributed by atoms with E-state index in [2.05, 4.69) is 5.32 Å². The number of hydrogen-bond acceptors (Lipinski definition) is 4. The standard InChI is InChI=1S/C22H21ClN2O4S/c1-25(30(2,27)28)18-10-13-21(23)20(14-18)22(26)24-17-8-11-19(12-9-17)29-15-16-6-4-3-5-7-16/h3-14H,15H2,1-2H3,(H,24,26). The number of nitrogens with zero attached hydrogens (tertiary/aromatic N) is 1. The summed E-state index contributed by atoms with van der Waals surface area (Å²) in [4.78, 5) is 12.7. The molecule has 0 unspecified atom stereocenters. The van der Waals surface area contributed by atoms with Crippen molar-refractivity contribution < 1.29 is 17.9 Å². The Bertz CT molecular complexity index is 1130. The van der Waals surface area contributed by atoms with Gasteiger partial charge in [-0.2, -0.15) is 0 Å². The van der Waals surface area contributed by atoms with Crippen LogP contribution in [0.5, 0.6) is 5.75 Å². The van der Waals surface area contributed by atoms with Crippen molar-refractivity contribution in [2.75, 3.05) is 22.9 Å². The normalized spacial score (nSPS) is 11.0. The Labute approximate surface area is 181 Å². The molecule has 0 heterocycles. The molecule has 0 atom stereocenters.